The van der Waals surface area contributed by atoms with Crippen molar-refractivity contribution in [1.29, 1.82) is 0 Å². The van der Waals surface area contributed by atoms with Gasteiger partial charge in [0.25, 0.3) is 5.91 Å². The molecule has 21 heavy (non-hydrogen) atoms. The number of hydrogen-bond donors (Lipinski definition) is 3. The third-order valence-corrected chi connectivity index (χ3v) is 2.93. The van der Waals surface area contributed by atoms with Gasteiger partial charge in [0.1, 0.15) is 0 Å². The molecule has 0 radical (unpaired) electrons. The highest BCUT2D eigenvalue weighted by atomic mass is 16.2. The first kappa shape index (κ1) is 16.5. The molecule has 1 aromatic rings. The number of benzene rings is 1. The summed E-state index contributed by atoms with van der Waals surface area (Å²) < 4.78 is 0. The molecule has 7 nitrogen and oxygen atoms in total. The van der Waals surface area contributed by atoms with Gasteiger partial charge in [0.05, 0.1) is 0 Å². The van der Waals surface area contributed by atoms with Gasteiger partial charge in [0.15, 0.2) is 0 Å². The molecule has 0 fully saturated rings. The van der Waals surface area contributed by atoms with Crippen molar-refractivity contribution in [3.63, 3.8) is 0 Å². The van der Waals surface area contributed by atoms with Crippen LogP contribution >= 0.6 is 0 Å². The van der Waals surface area contributed by atoms with Crippen molar-refractivity contribution in [1.82, 2.24) is 15.5 Å². The highest BCUT2D eigenvalue weighted by Gasteiger charge is 2.10. The molecule has 0 atom stereocenters. The zero-order valence-electron chi connectivity index (χ0n) is 12.2. The molecule has 0 spiro atoms. The summed E-state index contributed by atoms with van der Waals surface area (Å²) in [6.45, 7) is 0.650. The number of hydrogen-bond acceptors (Lipinski definition) is 3. The first-order valence-corrected chi connectivity index (χ1v) is 6.52. The second-order valence-electron chi connectivity index (χ2n) is 4.57. The topological polar surface area (TPSA) is 105 Å². The van der Waals surface area contributed by atoms with Gasteiger partial charge in [-0.05, 0) is 17.7 Å². The number of urea groups is 1. The minimum Gasteiger partial charge on any atom is -0.355 e. The summed E-state index contributed by atoms with van der Waals surface area (Å²) in [7, 11) is 3.25. The summed E-state index contributed by atoms with van der Waals surface area (Å²) in [6, 6.07) is 6.38. The number of nitrogens with two attached hydrogens (primary N) is 1. The van der Waals surface area contributed by atoms with Crippen molar-refractivity contribution in [2.75, 3.05) is 20.6 Å². The number of primary amides is 1. The molecule has 0 bridgehead atoms. The maximum absolute atomic E-state index is 11.8. The molecule has 114 valence electrons. The predicted molar refractivity (Wildman–Crippen MR) is 78.5 cm³/mol. The first-order chi connectivity index (χ1) is 9.93. The molecular weight excluding hydrogens is 272 g/mol. The van der Waals surface area contributed by atoms with E-state index in [-0.39, 0.29) is 24.8 Å². The summed E-state index contributed by atoms with van der Waals surface area (Å²) in [6.07, 6.45) is 0.190. The fourth-order valence-corrected chi connectivity index (χ4v) is 1.75. The molecule has 0 heterocycles. The van der Waals surface area contributed by atoms with E-state index in [2.05, 4.69) is 10.6 Å². The number of rotatable bonds is 6. The van der Waals surface area contributed by atoms with E-state index in [4.69, 9.17) is 5.73 Å². The molecule has 7 heteroatoms. The lowest BCUT2D eigenvalue weighted by Crippen LogP contribution is -2.34. The molecular formula is C14H20N4O3. The lowest BCUT2D eigenvalue weighted by molar-refractivity contribution is -0.130. The van der Waals surface area contributed by atoms with Gasteiger partial charge in [-0.15, -0.1) is 0 Å². The Labute approximate surface area is 123 Å². The van der Waals surface area contributed by atoms with Gasteiger partial charge in [0, 0.05) is 39.2 Å². The summed E-state index contributed by atoms with van der Waals surface area (Å²) in [4.78, 5) is 35.3. The number of nitrogens with one attached hydrogen (secondary N) is 2. The van der Waals surface area contributed by atoms with Crippen molar-refractivity contribution in [2.45, 2.75) is 13.0 Å². The number of nitrogens with zero attached hydrogens (tertiary/aromatic N) is 1. The summed E-state index contributed by atoms with van der Waals surface area (Å²) >= 11 is 0. The zero-order valence-corrected chi connectivity index (χ0v) is 12.2. The zero-order chi connectivity index (χ0) is 15.8. The van der Waals surface area contributed by atoms with Crippen LogP contribution in [0.25, 0.3) is 0 Å². The van der Waals surface area contributed by atoms with Crippen molar-refractivity contribution < 1.29 is 14.4 Å². The maximum Gasteiger partial charge on any atom is 0.312 e. The van der Waals surface area contributed by atoms with Crippen molar-refractivity contribution >= 4 is 17.8 Å². The fourth-order valence-electron chi connectivity index (χ4n) is 1.75. The van der Waals surface area contributed by atoms with Crippen molar-refractivity contribution in [2.24, 2.45) is 5.73 Å². The van der Waals surface area contributed by atoms with Gasteiger partial charge >= 0.3 is 6.03 Å². The summed E-state index contributed by atoms with van der Waals surface area (Å²) in [5, 5.41) is 4.91. The Morgan fingerprint density at radius 2 is 1.81 bits per heavy atom. The van der Waals surface area contributed by atoms with E-state index < -0.39 is 6.03 Å². The SMILES string of the molecule is CNC(=O)c1ccc(CN(C)C(=O)CCNC(N)=O)cc1. The molecule has 0 aromatic heterocycles. The predicted octanol–water partition coefficient (Wildman–Crippen LogP) is 0.0630. The smallest absolute Gasteiger partial charge is 0.312 e. The number of carbonyl (C=O) groups is 3. The highest BCUT2D eigenvalue weighted by Crippen LogP contribution is 2.07. The Kier molecular flexibility index (Phi) is 6.19. The lowest BCUT2D eigenvalue weighted by Gasteiger charge is -2.17. The van der Waals surface area contributed by atoms with Crippen molar-refractivity contribution in [3.8, 4) is 0 Å². The fraction of sp³-hybridized carbons (Fsp3) is 0.357. The van der Waals surface area contributed by atoms with Crippen LogP contribution in [0.5, 0.6) is 0 Å². The van der Waals surface area contributed by atoms with E-state index in [1.807, 2.05) is 0 Å². The van der Waals surface area contributed by atoms with E-state index >= 15 is 0 Å². The maximum atomic E-state index is 11.8. The Bertz CT molecular complexity index is 513. The Morgan fingerprint density at radius 1 is 1.19 bits per heavy atom. The van der Waals surface area contributed by atoms with Crippen LogP contribution in [0.15, 0.2) is 24.3 Å². The quantitative estimate of drug-likeness (QED) is 0.690. The van der Waals surface area contributed by atoms with Crippen LogP contribution in [0.1, 0.15) is 22.3 Å². The molecule has 0 saturated carbocycles. The summed E-state index contributed by atoms with van der Waals surface area (Å²) in [5.41, 5.74) is 6.41. The second-order valence-corrected chi connectivity index (χ2v) is 4.57. The molecule has 1 rings (SSSR count). The number of amides is 4. The van der Waals surface area contributed by atoms with Crippen LogP contribution in [0.3, 0.4) is 0 Å². The second kappa shape index (κ2) is 7.88. The van der Waals surface area contributed by atoms with Crippen LogP contribution < -0.4 is 16.4 Å². The molecule has 1 aromatic carbocycles. The standard InChI is InChI=1S/C14H20N4O3/c1-16-13(20)11-5-3-10(4-6-11)9-18(2)12(19)7-8-17-14(15)21/h3-6H,7-9H2,1-2H3,(H,16,20)(H3,15,17,21). The van der Waals surface area contributed by atoms with E-state index in [9.17, 15) is 14.4 Å². The van der Waals surface area contributed by atoms with Gasteiger partial charge < -0.3 is 21.3 Å². The molecule has 0 aliphatic rings. The molecule has 0 aliphatic carbocycles. The Balaban J connectivity index is 2.50. The van der Waals surface area contributed by atoms with Crippen LogP contribution in [0, 0.1) is 0 Å². The van der Waals surface area contributed by atoms with Crippen LogP contribution in [-0.4, -0.2) is 43.4 Å². The van der Waals surface area contributed by atoms with Gasteiger partial charge in [-0.25, -0.2) is 4.79 Å². The van der Waals surface area contributed by atoms with E-state index in [1.165, 1.54) is 0 Å². The third-order valence-electron chi connectivity index (χ3n) is 2.93. The van der Waals surface area contributed by atoms with Crippen LogP contribution in [0.2, 0.25) is 0 Å². The normalized spacial score (nSPS) is 9.81. The molecule has 0 aliphatic heterocycles. The Morgan fingerprint density at radius 3 is 2.33 bits per heavy atom. The van der Waals surface area contributed by atoms with Crippen LogP contribution in [0.4, 0.5) is 4.79 Å². The highest BCUT2D eigenvalue weighted by molar-refractivity contribution is 5.93. The number of carbonyl (C=O) groups excluding carboxylic acids is 3. The minimum absolute atomic E-state index is 0.0980. The van der Waals surface area contributed by atoms with E-state index in [0.717, 1.165) is 5.56 Å². The van der Waals surface area contributed by atoms with Gasteiger partial charge in [-0.2, -0.15) is 0 Å². The minimum atomic E-state index is -0.643. The van der Waals surface area contributed by atoms with Crippen molar-refractivity contribution in [3.05, 3.63) is 35.4 Å². The molecule has 4 amide bonds. The Hall–Kier alpha value is -2.57. The lowest BCUT2D eigenvalue weighted by atomic mass is 10.1. The van der Waals surface area contributed by atoms with Gasteiger partial charge in [0.2, 0.25) is 5.91 Å². The summed E-state index contributed by atoms with van der Waals surface area (Å²) in [5.74, 6) is -0.248. The molecule has 0 saturated heterocycles. The van der Waals surface area contributed by atoms with Gasteiger partial charge in [-0.1, -0.05) is 12.1 Å². The van der Waals surface area contributed by atoms with Gasteiger partial charge in [-0.3, -0.25) is 9.59 Å². The largest absolute Gasteiger partial charge is 0.355 e. The van der Waals surface area contributed by atoms with E-state index in [0.29, 0.717) is 12.1 Å². The molecule has 4 N–H and O–H groups in total. The first-order valence-electron chi connectivity index (χ1n) is 6.52. The average molecular weight is 292 g/mol. The van der Waals surface area contributed by atoms with Crippen LogP contribution in [-0.2, 0) is 11.3 Å². The monoisotopic (exact) mass is 292 g/mol. The van der Waals surface area contributed by atoms with E-state index in [1.54, 1.807) is 43.3 Å². The third kappa shape index (κ3) is 5.52. The average Bonchev–Trinajstić information content (AvgIpc) is 2.46. The molecule has 0 unspecified atom stereocenters.